The summed E-state index contributed by atoms with van der Waals surface area (Å²) < 4.78 is 11.5. The van der Waals surface area contributed by atoms with Gasteiger partial charge in [0, 0.05) is 30.3 Å². The number of ketones is 1. The van der Waals surface area contributed by atoms with Crippen LogP contribution in [0.1, 0.15) is 73.1 Å². The van der Waals surface area contributed by atoms with Crippen LogP contribution in [0, 0.1) is 34.5 Å². The molecule has 5 aliphatic rings. The average molecular weight is 513 g/mol. The highest BCUT2D eigenvalue weighted by molar-refractivity contribution is 5.99. The van der Waals surface area contributed by atoms with Gasteiger partial charge >= 0.3 is 11.9 Å². The summed E-state index contributed by atoms with van der Waals surface area (Å²) in [5, 5.41) is 22.8. The van der Waals surface area contributed by atoms with E-state index in [1.54, 1.807) is 19.9 Å². The van der Waals surface area contributed by atoms with Crippen molar-refractivity contribution >= 4 is 17.7 Å². The minimum Gasteiger partial charge on any atom is -0.465 e. The lowest BCUT2D eigenvalue weighted by Gasteiger charge is -2.58. The highest BCUT2D eigenvalue weighted by Gasteiger charge is 2.66. The van der Waals surface area contributed by atoms with Gasteiger partial charge in [0.2, 0.25) is 0 Å². The molecule has 2 fully saturated rings. The monoisotopic (exact) mass is 512 g/mol. The third kappa shape index (κ3) is 3.79. The molecule has 7 nitrogen and oxygen atoms in total. The SMILES string of the molecule is CC(=O)OCC12CCC3C(CC=C4C(O)C=CC(=O)C43C)C1CCC2C(C)(O)C1CC(C)=C(C)C(=O)O1. The zero-order chi connectivity index (χ0) is 26.9. The molecule has 0 amide bonds. The quantitative estimate of drug-likeness (QED) is 0.435. The van der Waals surface area contributed by atoms with Crippen LogP contribution in [-0.4, -0.2) is 52.4 Å². The van der Waals surface area contributed by atoms with Crippen molar-refractivity contribution in [3.8, 4) is 0 Å². The number of aliphatic hydroxyl groups is 2. The number of cyclic esters (lactones) is 1. The Morgan fingerprint density at radius 2 is 1.95 bits per heavy atom. The van der Waals surface area contributed by atoms with Crippen molar-refractivity contribution in [1.29, 1.82) is 0 Å². The van der Waals surface area contributed by atoms with E-state index in [0.29, 0.717) is 18.4 Å². The molecule has 1 heterocycles. The number of rotatable bonds is 4. The Hall–Kier alpha value is -2.25. The number of aliphatic hydroxyl groups excluding tert-OH is 1. The van der Waals surface area contributed by atoms with Gasteiger partial charge in [0.15, 0.2) is 5.78 Å². The Bertz CT molecular complexity index is 1110. The number of hydrogen-bond donors (Lipinski definition) is 2. The second kappa shape index (κ2) is 8.91. The first-order valence-corrected chi connectivity index (χ1v) is 13.7. The van der Waals surface area contributed by atoms with Gasteiger partial charge in [-0.05, 0) is 95.3 Å². The van der Waals surface area contributed by atoms with E-state index in [2.05, 4.69) is 6.08 Å². The molecule has 5 rings (SSSR count). The van der Waals surface area contributed by atoms with Crippen LogP contribution in [0.3, 0.4) is 0 Å². The Labute approximate surface area is 219 Å². The fourth-order valence-corrected chi connectivity index (χ4v) is 8.85. The lowest BCUT2D eigenvalue weighted by Crippen LogP contribution is -2.60. The van der Waals surface area contributed by atoms with Crippen molar-refractivity contribution in [3.05, 3.63) is 34.9 Å². The molecule has 37 heavy (non-hydrogen) atoms. The third-order valence-corrected chi connectivity index (χ3v) is 11.0. The van der Waals surface area contributed by atoms with Crippen LogP contribution in [0.25, 0.3) is 0 Å². The molecule has 0 saturated heterocycles. The van der Waals surface area contributed by atoms with Gasteiger partial charge in [-0.2, -0.15) is 0 Å². The summed E-state index contributed by atoms with van der Waals surface area (Å²) in [7, 11) is 0. The average Bonchev–Trinajstić information content (AvgIpc) is 3.24. The van der Waals surface area contributed by atoms with Gasteiger partial charge in [-0.25, -0.2) is 4.79 Å². The lowest BCUT2D eigenvalue weighted by molar-refractivity contribution is -0.192. The molecule has 1 aliphatic heterocycles. The largest absolute Gasteiger partial charge is 0.465 e. The minimum atomic E-state index is -1.31. The molecule has 4 aliphatic carbocycles. The van der Waals surface area contributed by atoms with Crippen LogP contribution in [0.4, 0.5) is 0 Å². The van der Waals surface area contributed by atoms with E-state index in [1.165, 1.54) is 13.0 Å². The van der Waals surface area contributed by atoms with Gasteiger partial charge in [0.05, 0.1) is 18.1 Å². The normalized spacial score (nSPS) is 42.7. The number of ether oxygens (including phenoxy) is 2. The molecule has 2 N–H and O–H groups in total. The van der Waals surface area contributed by atoms with Gasteiger partial charge < -0.3 is 19.7 Å². The van der Waals surface area contributed by atoms with Crippen LogP contribution >= 0.6 is 0 Å². The summed E-state index contributed by atoms with van der Waals surface area (Å²) in [6.07, 6.45) is 7.96. The third-order valence-electron chi connectivity index (χ3n) is 11.0. The summed E-state index contributed by atoms with van der Waals surface area (Å²) in [6.45, 7) is 9.03. The number of allylic oxidation sites excluding steroid dienone is 2. The fourth-order valence-electron chi connectivity index (χ4n) is 8.85. The number of carbonyl (C=O) groups excluding carboxylic acids is 3. The molecule has 0 aromatic heterocycles. The molecule has 0 radical (unpaired) electrons. The van der Waals surface area contributed by atoms with Crippen molar-refractivity contribution in [2.75, 3.05) is 6.61 Å². The van der Waals surface area contributed by atoms with Crippen molar-refractivity contribution < 1.29 is 34.1 Å². The highest BCUT2D eigenvalue weighted by atomic mass is 16.6. The van der Waals surface area contributed by atoms with E-state index in [9.17, 15) is 24.6 Å². The van der Waals surface area contributed by atoms with Crippen molar-refractivity contribution in [3.63, 3.8) is 0 Å². The first kappa shape index (κ1) is 26.4. The Morgan fingerprint density at radius 3 is 2.62 bits per heavy atom. The topological polar surface area (TPSA) is 110 Å². The maximum atomic E-state index is 13.3. The molecule has 7 heteroatoms. The van der Waals surface area contributed by atoms with Gasteiger partial charge in [0.25, 0.3) is 0 Å². The Morgan fingerprint density at radius 1 is 1.22 bits per heavy atom. The summed E-state index contributed by atoms with van der Waals surface area (Å²) in [5.74, 6) is -0.572. The standard InChI is InChI=1S/C30H40O7/c1-16-14-26(37-27(34)17(16)2)29(5,35)24-10-8-21-19-6-7-22-23(32)9-11-25(33)28(22,4)20(19)12-13-30(21,24)15-36-18(3)31/h7,9,11,19-21,23-24,26,32,35H,6,8,10,12-15H2,1-5H3. The van der Waals surface area contributed by atoms with Crippen LogP contribution in [0.15, 0.2) is 34.9 Å². The molecule has 0 aromatic rings. The molecule has 2 saturated carbocycles. The minimum absolute atomic E-state index is 0.0412. The van der Waals surface area contributed by atoms with Crippen LogP contribution in [0.2, 0.25) is 0 Å². The predicted octanol–water partition coefficient (Wildman–Crippen LogP) is 3.83. The Kier molecular flexibility index (Phi) is 6.35. The highest BCUT2D eigenvalue weighted by Crippen LogP contribution is 2.67. The molecule has 9 unspecified atom stereocenters. The van der Waals surface area contributed by atoms with Crippen molar-refractivity contribution in [2.24, 2.45) is 34.5 Å². The van der Waals surface area contributed by atoms with E-state index in [1.807, 2.05) is 13.8 Å². The number of esters is 2. The molecular weight excluding hydrogens is 472 g/mol. The zero-order valence-corrected chi connectivity index (χ0v) is 22.6. The second-order valence-electron chi connectivity index (χ2n) is 12.6. The summed E-state index contributed by atoms with van der Waals surface area (Å²) >= 11 is 0. The first-order valence-electron chi connectivity index (χ1n) is 13.7. The van der Waals surface area contributed by atoms with Gasteiger partial charge in [-0.3, -0.25) is 9.59 Å². The first-order chi connectivity index (χ1) is 17.3. The van der Waals surface area contributed by atoms with E-state index in [0.717, 1.165) is 36.8 Å². The number of carbonyl (C=O) groups is 3. The molecule has 0 spiro atoms. The maximum absolute atomic E-state index is 13.3. The molecule has 9 atom stereocenters. The molecule has 0 aromatic carbocycles. The molecule has 202 valence electrons. The van der Waals surface area contributed by atoms with E-state index < -0.39 is 28.6 Å². The van der Waals surface area contributed by atoms with Crippen molar-refractivity contribution in [1.82, 2.24) is 0 Å². The summed E-state index contributed by atoms with van der Waals surface area (Å²) in [4.78, 5) is 37.8. The van der Waals surface area contributed by atoms with E-state index >= 15 is 0 Å². The summed E-state index contributed by atoms with van der Waals surface area (Å²) in [6, 6.07) is 0. The zero-order valence-electron chi connectivity index (χ0n) is 22.6. The lowest BCUT2D eigenvalue weighted by atomic mass is 9.46. The number of fused-ring (bicyclic) bond motifs is 5. The maximum Gasteiger partial charge on any atom is 0.334 e. The van der Waals surface area contributed by atoms with Crippen LogP contribution < -0.4 is 0 Å². The van der Waals surface area contributed by atoms with Crippen LogP contribution in [0.5, 0.6) is 0 Å². The molecule has 0 bridgehead atoms. The van der Waals surface area contributed by atoms with Crippen molar-refractivity contribution in [2.45, 2.75) is 91.0 Å². The Balaban J connectivity index is 1.52. The summed E-state index contributed by atoms with van der Waals surface area (Å²) in [5.41, 5.74) is -0.211. The van der Waals surface area contributed by atoms with Gasteiger partial charge in [-0.1, -0.05) is 11.6 Å². The van der Waals surface area contributed by atoms with Crippen LogP contribution in [-0.2, 0) is 23.9 Å². The van der Waals surface area contributed by atoms with E-state index in [4.69, 9.17) is 9.47 Å². The molecular formula is C30H40O7. The van der Waals surface area contributed by atoms with Gasteiger partial charge in [-0.15, -0.1) is 0 Å². The second-order valence-corrected chi connectivity index (χ2v) is 12.6. The predicted molar refractivity (Wildman–Crippen MR) is 136 cm³/mol. The fraction of sp³-hybridized carbons (Fsp3) is 0.700. The smallest absolute Gasteiger partial charge is 0.334 e. The van der Waals surface area contributed by atoms with E-state index in [-0.39, 0.29) is 48.0 Å². The number of hydrogen-bond acceptors (Lipinski definition) is 7. The van der Waals surface area contributed by atoms with Gasteiger partial charge in [0.1, 0.15) is 11.7 Å².